The van der Waals surface area contributed by atoms with E-state index in [1.54, 1.807) is 7.11 Å². The normalized spacial score (nSPS) is 11.4. The number of esters is 1. The molecule has 0 bridgehead atoms. The number of anilines is 1. The molecule has 3 aromatic rings. The van der Waals surface area contributed by atoms with Crippen LogP contribution < -0.4 is 5.73 Å². The van der Waals surface area contributed by atoms with Gasteiger partial charge in [-0.15, -0.1) is 0 Å². The summed E-state index contributed by atoms with van der Waals surface area (Å²) in [5, 5.41) is 0. The number of rotatable bonds is 12. The van der Waals surface area contributed by atoms with Gasteiger partial charge in [0.15, 0.2) is 5.65 Å². The van der Waals surface area contributed by atoms with Gasteiger partial charge in [-0.05, 0) is 25.0 Å². The van der Waals surface area contributed by atoms with Crippen molar-refractivity contribution >= 4 is 34.0 Å². The second kappa shape index (κ2) is 10.9. The van der Waals surface area contributed by atoms with E-state index >= 15 is 0 Å². The zero-order valence-corrected chi connectivity index (χ0v) is 18.0. The summed E-state index contributed by atoms with van der Waals surface area (Å²) in [6, 6.07) is 7.60. The van der Waals surface area contributed by atoms with Gasteiger partial charge in [-0.2, -0.15) is 0 Å². The van der Waals surface area contributed by atoms with Gasteiger partial charge in [0.05, 0.1) is 17.6 Å². The molecule has 0 fully saturated rings. The van der Waals surface area contributed by atoms with E-state index in [1.165, 1.54) is 25.7 Å². The van der Waals surface area contributed by atoms with Crippen LogP contribution >= 0.6 is 0 Å². The molecule has 0 atom stereocenters. The van der Waals surface area contributed by atoms with Gasteiger partial charge < -0.3 is 19.8 Å². The second-order valence-electron chi connectivity index (χ2n) is 7.55. The van der Waals surface area contributed by atoms with Crippen molar-refractivity contribution in [3.63, 3.8) is 0 Å². The Labute approximate surface area is 177 Å². The third-order valence-corrected chi connectivity index (χ3v) is 5.26. The molecule has 0 aliphatic heterocycles. The quantitative estimate of drug-likeness (QED) is 0.342. The van der Waals surface area contributed by atoms with Crippen molar-refractivity contribution in [1.82, 2.24) is 14.5 Å². The van der Waals surface area contributed by atoms with E-state index in [0.29, 0.717) is 42.3 Å². The first-order valence-corrected chi connectivity index (χ1v) is 10.9. The predicted molar refractivity (Wildman–Crippen MR) is 120 cm³/mol. The molecule has 0 saturated carbocycles. The predicted octanol–water partition coefficient (Wildman–Crippen LogP) is 4.72. The first kappa shape index (κ1) is 22.0. The summed E-state index contributed by atoms with van der Waals surface area (Å²) in [6.45, 7) is 3.78. The molecule has 0 aliphatic carbocycles. The van der Waals surface area contributed by atoms with Gasteiger partial charge in [0.25, 0.3) is 0 Å². The number of unbranched alkanes of at least 4 members (excludes halogenated alkanes) is 5. The number of carbonyl (C=O) groups excluding carboxylic acids is 1. The monoisotopic (exact) mass is 412 g/mol. The highest BCUT2D eigenvalue weighted by Gasteiger charge is 2.24. The van der Waals surface area contributed by atoms with Crippen molar-refractivity contribution < 1.29 is 14.3 Å². The van der Waals surface area contributed by atoms with Gasteiger partial charge >= 0.3 is 5.97 Å². The molecule has 0 aliphatic rings. The van der Waals surface area contributed by atoms with Crippen LogP contribution in [0.2, 0.25) is 0 Å². The minimum atomic E-state index is -0.430. The van der Waals surface area contributed by atoms with Gasteiger partial charge in [0.1, 0.15) is 16.9 Å². The first-order valence-electron chi connectivity index (χ1n) is 10.9. The molecule has 7 heteroatoms. The van der Waals surface area contributed by atoms with Gasteiger partial charge in [-0.3, -0.25) is 0 Å². The SMILES string of the molecule is CCCCCCCCOC(=O)c1c(N)n(CCCOC)c2nc3ccccc3nc12. The number of aromatic nitrogens is 3. The van der Waals surface area contributed by atoms with Crippen molar-refractivity contribution in [3.8, 4) is 0 Å². The van der Waals surface area contributed by atoms with E-state index in [4.69, 9.17) is 25.2 Å². The second-order valence-corrected chi connectivity index (χ2v) is 7.55. The Bertz CT molecular complexity index is 983. The Kier molecular flexibility index (Phi) is 8.02. The number of para-hydroxylation sites is 2. The molecule has 7 nitrogen and oxygen atoms in total. The lowest BCUT2D eigenvalue weighted by Gasteiger charge is -2.07. The molecule has 0 amide bonds. The van der Waals surface area contributed by atoms with Crippen molar-refractivity contribution in [2.45, 2.75) is 58.4 Å². The average molecular weight is 413 g/mol. The Morgan fingerprint density at radius 2 is 1.70 bits per heavy atom. The number of aryl methyl sites for hydroxylation is 1. The Morgan fingerprint density at radius 1 is 1.00 bits per heavy atom. The maximum absolute atomic E-state index is 12.9. The minimum absolute atomic E-state index is 0.312. The molecule has 2 N–H and O–H groups in total. The number of nitrogens with two attached hydrogens (primary N) is 1. The molecular weight excluding hydrogens is 380 g/mol. The van der Waals surface area contributed by atoms with E-state index in [2.05, 4.69) is 6.92 Å². The van der Waals surface area contributed by atoms with Crippen LogP contribution in [0, 0.1) is 0 Å². The van der Waals surface area contributed by atoms with Crippen LogP contribution in [0.1, 0.15) is 62.2 Å². The van der Waals surface area contributed by atoms with Crippen LogP contribution in [0.5, 0.6) is 0 Å². The average Bonchev–Trinajstić information content (AvgIpc) is 3.02. The highest BCUT2D eigenvalue weighted by atomic mass is 16.5. The highest BCUT2D eigenvalue weighted by molar-refractivity contribution is 6.08. The smallest absolute Gasteiger partial charge is 0.344 e. The minimum Gasteiger partial charge on any atom is -0.462 e. The highest BCUT2D eigenvalue weighted by Crippen LogP contribution is 2.29. The summed E-state index contributed by atoms with van der Waals surface area (Å²) in [5.41, 5.74) is 9.29. The third kappa shape index (κ3) is 5.08. The lowest BCUT2D eigenvalue weighted by atomic mass is 10.1. The van der Waals surface area contributed by atoms with E-state index in [-0.39, 0.29) is 0 Å². The van der Waals surface area contributed by atoms with Crippen LogP contribution in [0.3, 0.4) is 0 Å². The largest absolute Gasteiger partial charge is 0.462 e. The first-order chi connectivity index (χ1) is 14.7. The number of nitrogen functional groups attached to an aromatic ring is 1. The summed E-state index contributed by atoms with van der Waals surface area (Å²) in [4.78, 5) is 22.3. The zero-order chi connectivity index (χ0) is 21.3. The van der Waals surface area contributed by atoms with Crippen LogP contribution in [0.15, 0.2) is 24.3 Å². The molecule has 0 unspecified atom stereocenters. The molecule has 162 valence electrons. The summed E-state index contributed by atoms with van der Waals surface area (Å²) in [6.07, 6.45) is 7.55. The Balaban J connectivity index is 1.82. The van der Waals surface area contributed by atoms with Crippen molar-refractivity contribution in [3.05, 3.63) is 29.8 Å². The number of nitrogens with zero attached hydrogens (tertiary/aromatic N) is 3. The molecule has 0 spiro atoms. The molecule has 0 saturated heterocycles. The summed E-state index contributed by atoms with van der Waals surface area (Å²) < 4.78 is 12.6. The fourth-order valence-electron chi connectivity index (χ4n) is 3.63. The molecule has 2 heterocycles. The van der Waals surface area contributed by atoms with Crippen molar-refractivity contribution in [1.29, 1.82) is 0 Å². The number of carbonyl (C=O) groups is 1. The van der Waals surface area contributed by atoms with E-state index < -0.39 is 5.97 Å². The molecular formula is C23H32N4O3. The maximum Gasteiger partial charge on any atom is 0.344 e. The summed E-state index contributed by atoms with van der Waals surface area (Å²) in [5.74, 6) is -0.0783. The number of hydrogen-bond donors (Lipinski definition) is 1. The number of benzene rings is 1. The Hall–Kier alpha value is -2.67. The molecule has 3 rings (SSSR count). The number of ether oxygens (including phenoxy) is 2. The fourth-order valence-corrected chi connectivity index (χ4v) is 3.63. The van der Waals surface area contributed by atoms with Crippen LogP contribution in [-0.2, 0) is 16.0 Å². The summed E-state index contributed by atoms with van der Waals surface area (Å²) in [7, 11) is 1.66. The number of methoxy groups -OCH3 is 1. The molecule has 1 aromatic carbocycles. The maximum atomic E-state index is 12.9. The van der Waals surface area contributed by atoms with Crippen molar-refractivity contribution in [2.24, 2.45) is 0 Å². The van der Waals surface area contributed by atoms with Gasteiger partial charge in [0.2, 0.25) is 0 Å². The lowest BCUT2D eigenvalue weighted by Crippen LogP contribution is -2.11. The van der Waals surface area contributed by atoms with E-state index in [0.717, 1.165) is 30.3 Å². The van der Waals surface area contributed by atoms with Crippen LogP contribution in [0.4, 0.5) is 5.82 Å². The molecule has 0 radical (unpaired) electrons. The molecule has 2 aromatic heterocycles. The third-order valence-electron chi connectivity index (χ3n) is 5.26. The Morgan fingerprint density at radius 3 is 2.43 bits per heavy atom. The number of fused-ring (bicyclic) bond motifs is 2. The standard InChI is InChI=1S/C23H32N4O3/c1-3-4-5-6-7-10-16-30-23(28)19-20-22(27(21(19)24)14-11-15-29-2)26-18-13-9-8-12-17(18)25-20/h8-9,12-13H,3-7,10-11,14-16,24H2,1-2H3. The molecule has 30 heavy (non-hydrogen) atoms. The van der Waals surface area contributed by atoms with Gasteiger partial charge in [0, 0.05) is 20.3 Å². The van der Waals surface area contributed by atoms with Gasteiger partial charge in [-0.25, -0.2) is 14.8 Å². The zero-order valence-electron chi connectivity index (χ0n) is 18.0. The van der Waals surface area contributed by atoms with Crippen LogP contribution in [0.25, 0.3) is 22.2 Å². The topological polar surface area (TPSA) is 92.3 Å². The number of hydrogen-bond acceptors (Lipinski definition) is 6. The van der Waals surface area contributed by atoms with Crippen molar-refractivity contribution in [2.75, 3.05) is 26.1 Å². The van der Waals surface area contributed by atoms with E-state index in [9.17, 15) is 4.79 Å². The van der Waals surface area contributed by atoms with Crippen LogP contribution in [-0.4, -0.2) is 40.8 Å². The fraction of sp³-hybridized carbons (Fsp3) is 0.522. The van der Waals surface area contributed by atoms with E-state index in [1.807, 2.05) is 28.8 Å². The lowest BCUT2D eigenvalue weighted by molar-refractivity contribution is 0.0501. The van der Waals surface area contributed by atoms with Gasteiger partial charge in [-0.1, -0.05) is 51.2 Å². The summed E-state index contributed by atoms with van der Waals surface area (Å²) >= 11 is 0.